The van der Waals surface area contributed by atoms with E-state index in [0.29, 0.717) is 11.6 Å². The van der Waals surface area contributed by atoms with Crippen LogP contribution in [0.25, 0.3) is 5.69 Å². The zero-order chi connectivity index (χ0) is 16.9. The van der Waals surface area contributed by atoms with Gasteiger partial charge in [0, 0.05) is 13.2 Å². The highest BCUT2D eigenvalue weighted by atomic mass is 35.5. The Bertz CT molecular complexity index is 684. The van der Waals surface area contributed by atoms with Crippen LogP contribution in [-0.2, 0) is 9.53 Å². The molecular weight excluding hydrogens is 330 g/mol. The second-order valence-electron chi connectivity index (χ2n) is 5.70. The number of hydrogen-bond acceptors (Lipinski definition) is 4. The molecule has 0 aliphatic carbocycles. The van der Waals surface area contributed by atoms with E-state index in [4.69, 9.17) is 21.1 Å². The largest absolute Gasteiger partial charge is 0.462 e. The number of carbonyl (C=O) groups is 1. The smallest absolute Gasteiger partial charge is 0.260 e. The van der Waals surface area contributed by atoms with Crippen molar-refractivity contribution in [2.75, 3.05) is 13.2 Å². The molecule has 2 heterocycles. The molecule has 0 unspecified atom stereocenters. The van der Waals surface area contributed by atoms with Gasteiger partial charge in [0.2, 0.25) is 0 Å². The van der Waals surface area contributed by atoms with E-state index in [2.05, 4.69) is 10.4 Å². The van der Waals surface area contributed by atoms with E-state index in [-0.39, 0.29) is 17.9 Å². The van der Waals surface area contributed by atoms with Gasteiger partial charge in [0.15, 0.2) is 6.10 Å². The average Bonchev–Trinajstić information content (AvgIpc) is 3.24. The fourth-order valence-electron chi connectivity index (χ4n) is 2.51. The van der Waals surface area contributed by atoms with Crippen molar-refractivity contribution >= 4 is 17.5 Å². The van der Waals surface area contributed by atoms with Gasteiger partial charge in [0.1, 0.15) is 5.02 Å². The Morgan fingerprint density at radius 3 is 3.00 bits per heavy atom. The fourth-order valence-corrected chi connectivity index (χ4v) is 2.69. The molecular formula is C17H20ClN3O3. The summed E-state index contributed by atoms with van der Waals surface area (Å²) in [7, 11) is 0. The van der Waals surface area contributed by atoms with Gasteiger partial charge in [-0.3, -0.25) is 4.79 Å². The molecule has 1 N–H and O–H groups in total. The second kappa shape index (κ2) is 7.68. The van der Waals surface area contributed by atoms with Gasteiger partial charge in [-0.15, -0.1) is 5.10 Å². The van der Waals surface area contributed by atoms with Crippen molar-refractivity contribution in [3.05, 3.63) is 41.6 Å². The maximum Gasteiger partial charge on any atom is 0.260 e. The van der Waals surface area contributed by atoms with Gasteiger partial charge in [-0.2, -0.15) is 0 Å². The SMILES string of the molecule is C[C@H](Oc1nn(-c2ccccc2)cc1Cl)C(=O)NC[C@@H]1CCCO1. The molecule has 0 spiro atoms. The Hall–Kier alpha value is -2.05. The van der Waals surface area contributed by atoms with Crippen molar-refractivity contribution in [3.63, 3.8) is 0 Å². The lowest BCUT2D eigenvalue weighted by molar-refractivity contribution is -0.127. The summed E-state index contributed by atoms with van der Waals surface area (Å²) < 4.78 is 12.7. The predicted molar refractivity (Wildman–Crippen MR) is 90.6 cm³/mol. The molecule has 3 rings (SSSR count). The molecule has 2 aromatic rings. The van der Waals surface area contributed by atoms with Crippen LogP contribution in [0, 0.1) is 0 Å². The number of ether oxygens (including phenoxy) is 2. The van der Waals surface area contributed by atoms with Crippen LogP contribution in [0.3, 0.4) is 0 Å². The minimum atomic E-state index is -0.692. The molecule has 1 aromatic heterocycles. The lowest BCUT2D eigenvalue weighted by atomic mass is 10.2. The Morgan fingerprint density at radius 2 is 2.29 bits per heavy atom. The first kappa shape index (κ1) is 16.8. The van der Waals surface area contributed by atoms with E-state index in [0.717, 1.165) is 25.1 Å². The normalized spacial score (nSPS) is 18.3. The molecule has 1 aliphatic heterocycles. The average molecular weight is 350 g/mol. The third-order valence-corrected chi connectivity index (χ3v) is 4.10. The van der Waals surface area contributed by atoms with Crippen molar-refractivity contribution in [3.8, 4) is 11.6 Å². The van der Waals surface area contributed by atoms with Crippen molar-refractivity contribution < 1.29 is 14.3 Å². The summed E-state index contributed by atoms with van der Waals surface area (Å²) >= 11 is 6.16. The van der Waals surface area contributed by atoms with Crippen molar-refractivity contribution in [2.45, 2.75) is 32.0 Å². The maximum absolute atomic E-state index is 12.1. The number of carbonyl (C=O) groups excluding carboxylic acids is 1. The van der Waals surface area contributed by atoms with Crippen molar-refractivity contribution in [1.29, 1.82) is 0 Å². The molecule has 7 heteroatoms. The third-order valence-electron chi connectivity index (χ3n) is 3.84. The molecule has 1 aromatic carbocycles. The Balaban J connectivity index is 1.58. The van der Waals surface area contributed by atoms with E-state index in [9.17, 15) is 4.79 Å². The van der Waals surface area contributed by atoms with Crippen LogP contribution in [-0.4, -0.2) is 41.0 Å². The molecule has 0 bridgehead atoms. The number of aromatic nitrogens is 2. The molecule has 1 saturated heterocycles. The fraction of sp³-hybridized carbons (Fsp3) is 0.412. The van der Waals surface area contributed by atoms with Crippen LogP contribution in [0.2, 0.25) is 5.02 Å². The lowest BCUT2D eigenvalue weighted by Crippen LogP contribution is -2.40. The zero-order valence-corrected chi connectivity index (χ0v) is 14.2. The first-order chi connectivity index (χ1) is 11.6. The summed E-state index contributed by atoms with van der Waals surface area (Å²) in [5, 5.41) is 7.49. The predicted octanol–water partition coefficient (Wildman–Crippen LogP) is 2.59. The molecule has 24 heavy (non-hydrogen) atoms. The summed E-state index contributed by atoms with van der Waals surface area (Å²) in [6.07, 6.45) is 3.08. The number of halogens is 1. The molecule has 128 valence electrons. The minimum Gasteiger partial charge on any atom is -0.462 e. The van der Waals surface area contributed by atoms with Gasteiger partial charge in [-0.25, -0.2) is 4.68 Å². The van der Waals surface area contributed by atoms with Gasteiger partial charge in [-0.1, -0.05) is 29.8 Å². The third kappa shape index (κ3) is 4.07. The first-order valence-corrected chi connectivity index (χ1v) is 8.38. The van der Waals surface area contributed by atoms with Gasteiger partial charge in [0.05, 0.1) is 18.0 Å². The monoisotopic (exact) mass is 349 g/mol. The standard InChI is InChI=1S/C17H20ClN3O3/c1-12(16(22)19-10-14-8-5-9-23-14)24-17-15(18)11-21(20-17)13-6-3-2-4-7-13/h2-4,6-7,11-12,14H,5,8-10H2,1H3,(H,19,22)/t12-,14-/m0/s1. The highest BCUT2D eigenvalue weighted by Gasteiger charge is 2.21. The second-order valence-corrected chi connectivity index (χ2v) is 6.11. The lowest BCUT2D eigenvalue weighted by Gasteiger charge is -2.15. The molecule has 0 saturated carbocycles. The highest BCUT2D eigenvalue weighted by Crippen LogP contribution is 2.25. The van der Waals surface area contributed by atoms with E-state index < -0.39 is 6.10 Å². The van der Waals surface area contributed by atoms with Gasteiger partial charge in [0.25, 0.3) is 11.8 Å². The zero-order valence-electron chi connectivity index (χ0n) is 13.4. The van der Waals surface area contributed by atoms with E-state index in [1.807, 2.05) is 30.3 Å². The van der Waals surface area contributed by atoms with Crippen LogP contribution in [0.15, 0.2) is 36.5 Å². The Kier molecular flexibility index (Phi) is 5.37. The number of benzene rings is 1. The van der Waals surface area contributed by atoms with Crippen LogP contribution >= 0.6 is 11.6 Å². The van der Waals surface area contributed by atoms with Gasteiger partial charge < -0.3 is 14.8 Å². The van der Waals surface area contributed by atoms with Crippen molar-refractivity contribution in [1.82, 2.24) is 15.1 Å². The molecule has 1 aliphatic rings. The van der Waals surface area contributed by atoms with Crippen molar-refractivity contribution in [2.24, 2.45) is 0 Å². The maximum atomic E-state index is 12.1. The molecule has 1 fully saturated rings. The number of rotatable bonds is 6. The Morgan fingerprint density at radius 1 is 1.50 bits per heavy atom. The summed E-state index contributed by atoms with van der Waals surface area (Å²) in [5.74, 6) is 0.0242. The van der Waals surface area contributed by atoms with Crippen LogP contribution in [0.4, 0.5) is 0 Å². The van der Waals surface area contributed by atoms with Crippen LogP contribution in [0.1, 0.15) is 19.8 Å². The Labute approximate surface area is 145 Å². The van der Waals surface area contributed by atoms with Crippen LogP contribution in [0.5, 0.6) is 5.88 Å². The number of nitrogens with one attached hydrogen (secondary N) is 1. The first-order valence-electron chi connectivity index (χ1n) is 8.00. The van der Waals surface area contributed by atoms with Gasteiger partial charge in [-0.05, 0) is 31.9 Å². The molecule has 6 nitrogen and oxygen atoms in total. The number of para-hydroxylation sites is 1. The summed E-state index contributed by atoms with van der Waals surface area (Å²) in [5.41, 5.74) is 0.865. The summed E-state index contributed by atoms with van der Waals surface area (Å²) in [6, 6.07) is 9.56. The summed E-state index contributed by atoms with van der Waals surface area (Å²) in [6.45, 7) is 2.93. The van der Waals surface area contributed by atoms with E-state index in [1.54, 1.807) is 17.8 Å². The number of hydrogen-bond donors (Lipinski definition) is 1. The summed E-state index contributed by atoms with van der Waals surface area (Å²) in [4.78, 5) is 12.1. The highest BCUT2D eigenvalue weighted by molar-refractivity contribution is 6.31. The minimum absolute atomic E-state index is 0.0991. The quantitative estimate of drug-likeness (QED) is 0.870. The van der Waals surface area contributed by atoms with E-state index >= 15 is 0 Å². The molecule has 0 radical (unpaired) electrons. The van der Waals surface area contributed by atoms with Gasteiger partial charge >= 0.3 is 0 Å². The topological polar surface area (TPSA) is 65.4 Å². The number of nitrogens with zero attached hydrogens (tertiary/aromatic N) is 2. The molecule has 2 atom stereocenters. The number of amides is 1. The van der Waals surface area contributed by atoms with Crippen LogP contribution < -0.4 is 10.1 Å². The molecule has 1 amide bonds. The van der Waals surface area contributed by atoms with E-state index in [1.165, 1.54) is 0 Å².